The topological polar surface area (TPSA) is 47.6 Å². The first kappa shape index (κ1) is 20.8. The number of anilines is 1. The molecule has 0 heterocycles. The van der Waals surface area contributed by atoms with Gasteiger partial charge in [-0.2, -0.15) is 0 Å². The second kappa shape index (κ2) is 8.90. The summed E-state index contributed by atoms with van der Waals surface area (Å²) in [5.74, 6) is 1.41. The fraction of sp³-hybridized carbons (Fsp3) is 0.682. The number of aryl methyl sites for hydroxylation is 2. The van der Waals surface area contributed by atoms with Gasteiger partial charge in [-0.05, 0) is 82.6 Å². The highest BCUT2D eigenvalue weighted by atomic mass is 16.5. The Morgan fingerprint density at radius 2 is 1.96 bits per heavy atom. The Labute approximate surface area is 158 Å². The third kappa shape index (κ3) is 5.00. The number of hydrogen-bond acceptors (Lipinski definition) is 3. The number of nitrogens with one attached hydrogen (secondary N) is 1. The minimum atomic E-state index is -0.692. The predicted octanol–water partition coefficient (Wildman–Crippen LogP) is 5.40. The van der Waals surface area contributed by atoms with Crippen LogP contribution in [0.1, 0.15) is 70.9 Å². The third-order valence-electron chi connectivity index (χ3n) is 5.02. The van der Waals surface area contributed by atoms with Crippen molar-refractivity contribution in [3.05, 3.63) is 23.3 Å². The highest BCUT2D eigenvalue weighted by molar-refractivity contribution is 5.97. The zero-order valence-corrected chi connectivity index (χ0v) is 17.3. The largest absolute Gasteiger partial charge is 0.490 e. The van der Waals surface area contributed by atoms with E-state index in [-0.39, 0.29) is 12.0 Å². The van der Waals surface area contributed by atoms with E-state index < -0.39 is 5.60 Å². The van der Waals surface area contributed by atoms with Crippen LogP contribution in [-0.4, -0.2) is 24.2 Å². The molecule has 1 aliphatic rings. The maximum Gasteiger partial charge on any atom is 0.256 e. The molecule has 1 amide bonds. The molecule has 0 saturated heterocycles. The van der Waals surface area contributed by atoms with Gasteiger partial charge in [-0.25, -0.2) is 0 Å². The van der Waals surface area contributed by atoms with E-state index in [1.54, 1.807) is 0 Å². The van der Waals surface area contributed by atoms with E-state index in [4.69, 9.17) is 9.47 Å². The zero-order valence-electron chi connectivity index (χ0n) is 17.3. The Balaban J connectivity index is 2.20. The lowest BCUT2D eigenvalue weighted by Gasteiger charge is -2.38. The molecule has 146 valence electrons. The maximum atomic E-state index is 13.2. The van der Waals surface area contributed by atoms with Crippen molar-refractivity contribution < 1.29 is 14.3 Å². The van der Waals surface area contributed by atoms with Crippen LogP contribution >= 0.6 is 0 Å². The van der Waals surface area contributed by atoms with E-state index in [1.165, 1.54) is 6.42 Å². The van der Waals surface area contributed by atoms with Gasteiger partial charge in [0, 0.05) is 12.3 Å². The van der Waals surface area contributed by atoms with Gasteiger partial charge < -0.3 is 14.8 Å². The summed E-state index contributed by atoms with van der Waals surface area (Å²) in [6.07, 6.45) is 4.85. The second-order valence-corrected chi connectivity index (χ2v) is 8.10. The van der Waals surface area contributed by atoms with Crippen molar-refractivity contribution in [2.45, 2.75) is 85.4 Å². The molecule has 4 nitrogen and oxygen atoms in total. The van der Waals surface area contributed by atoms with E-state index >= 15 is 0 Å². The molecule has 1 saturated carbocycles. The van der Waals surface area contributed by atoms with Gasteiger partial charge in [0.2, 0.25) is 0 Å². The van der Waals surface area contributed by atoms with Gasteiger partial charge in [0.05, 0.1) is 6.10 Å². The van der Waals surface area contributed by atoms with E-state index in [9.17, 15) is 4.79 Å². The minimum Gasteiger partial charge on any atom is -0.490 e. The molecule has 0 spiro atoms. The summed E-state index contributed by atoms with van der Waals surface area (Å²) in [4.78, 5) is 13.2. The third-order valence-corrected chi connectivity index (χ3v) is 5.02. The van der Waals surface area contributed by atoms with E-state index in [2.05, 4.69) is 19.2 Å². The van der Waals surface area contributed by atoms with Crippen LogP contribution in [0.3, 0.4) is 0 Å². The monoisotopic (exact) mass is 361 g/mol. The Kier molecular flexibility index (Phi) is 7.10. The molecule has 0 bridgehead atoms. The fourth-order valence-electron chi connectivity index (χ4n) is 3.89. The highest BCUT2D eigenvalue weighted by Gasteiger charge is 2.42. The lowest BCUT2D eigenvalue weighted by Crippen LogP contribution is -2.48. The summed E-state index contributed by atoms with van der Waals surface area (Å²) in [5.41, 5.74) is 2.20. The Morgan fingerprint density at radius 3 is 2.50 bits per heavy atom. The number of amides is 1. The Bertz CT molecular complexity index is 603. The summed E-state index contributed by atoms with van der Waals surface area (Å²) in [5, 5.41) is 3.12. The molecular formula is C22H35NO3. The molecule has 1 aliphatic carbocycles. The first-order valence-electron chi connectivity index (χ1n) is 10.0. The fourth-order valence-corrected chi connectivity index (χ4v) is 3.89. The van der Waals surface area contributed by atoms with Crippen molar-refractivity contribution in [1.29, 1.82) is 0 Å². The van der Waals surface area contributed by atoms with Crippen molar-refractivity contribution in [3.63, 3.8) is 0 Å². The van der Waals surface area contributed by atoms with Crippen LogP contribution in [0.5, 0.6) is 5.75 Å². The van der Waals surface area contributed by atoms with Crippen molar-refractivity contribution in [1.82, 2.24) is 0 Å². The summed E-state index contributed by atoms with van der Waals surface area (Å²) >= 11 is 0. The van der Waals surface area contributed by atoms with Crippen molar-refractivity contribution >= 4 is 11.6 Å². The molecule has 1 N–H and O–H groups in total. The van der Waals surface area contributed by atoms with Gasteiger partial charge in [0.25, 0.3) is 5.91 Å². The first-order chi connectivity index (χ1) is 12.3. The zero-order chi connectivity index (χ0) is 19.3. The number of benzene rings is 1. The first-order valence-corrected chi connectivity index (χ1v) is 10.0. The molecule has 2 atom stereocenters. The van der Waals surface area contributed by atoms with Crippen LogP contribution in [0.4, 0.5) is 5.69 Å². The summed E-state index contributed by atoms with van der Waals surface area (Å²) in [6, 6.07) is 3.98. The van der Waals surface area contributed by atoms with Crippen molar-refractivity contribution in [2.24, 2.45) is 5.92 Å². The smallest absolute Gasteiger partial charge is 0.256 e. The molecule has 26 heavy (non-hydrogen) atoms. The quantitative estimate of drug-likeness (QED) is 0.707. The standard InChI is InChI=1S/C22H35NO3/c1-7-11-25-22(10-8-9-16(4)14-22)21(24)23-19-12-17(5)20(18(6)13-19)26-15(2)3/h12-13,15-16H,7-11,14H2,1-6H3,(H,23,24)/t16-,22-/m0/s1. The summed E-state index contributed by atoms with van der Waals surface area (Å²) in [6.45, 7) is 13.0. The van der Waals surface area contributed by atoms with Gasteiger partial charge in [-0.3, -0.25) is 4.79 Å². The van der Waals surface area contributed by atoms with Gasteiger partial charge in [0.15, 0.2) is 0 Å². The lowest BCUT2D eigenvalue weighted by atomic mass is 9.78. The molecule has 1 aromatic carbocycles. The number of rotatable bonds is 7. The van der Waals surface area contributed by atoms with Gasteiger partial charge >= 0.3 is 0 Å². The molecule has 0 unspecified atom stereocenters. The average Bonchev–Trinajstić information content (AvgIpc) is 2.56. The number of carbonyl (C=O) groups is 1. The van der Waals surface area contributed by atoms with Crippen LogP contribution in [0.25, 0.3) is 0 Å². The van der Waals surface area contributed by atoms with Crippen molar-refractivity contribution in [3.8, 4) is 5.75 Å². The second-order valence-electron chi connectivity index (χ2n) is 8.10. The number of ether oxygens (including phenoxy) is 2. The Hall–Kier alpha value is -1.55. The Morgan fingerprint density at radius 1 is 1.31 bits per heavy atom. The number of carbonyl (C=O) groups excluding carboxylic acids is 1. The summed E-state index contributed by atoms with van der Waals surface area (Å²) < 4.78 is 12.0. The van der Waals surface area contributed by atoms with Gasteiger partial charge in [0.1, 0.15) is 11.4 Å². The van der Waals surface area contributed by atoms with Crippen LogP contribution < -0.4 is 10.1 Å². The summed E-state index contributed by atoms with van der Waals surface area (Å²) in [7, 11) is 0. The molecular weight excluding hydrogens is 326 g/mol. The average molecular weight is 362 g/mol. The minimum absolute atomic E-state index is 0.00571. The molecule has 0 aromatic heterocycles. The van der Waals surface area contributed by atoms with Crippen LogP contribution in [0, 0.1) is 19.8 Å². The molecule has 1 aromatic rings. The van der Waals surface area contributed by atoms with Crippen LogP contribution in [0.15, 0.2) is 12.1 Å². The molecule has 4 heteroatoms. The van der Waals surface area contributed by atoms with Gasteiger partial charge in [-0.15, -0.1) is 0 Å². The van der Waals surface area contributed by atoms with Crippen molar-refractivity contribution in [2.75, 3.05) is 11.9 Å². The van der Waals surface area contributed by atoms with E-state index in [0.29, 0.717) is 12.5 Å². The SMILES string of the molecule is CCCO[C@@]1(C(=O)Nc2cc(C)c(OC(C)C)c(C)c2)CCC[C@H](C)C1. The van der Waals surface area contributed by atoms with Crippen LogP contribution in [-0.2, 0) is 9.53 Å². The van der Waals surface area contributed by atoms with E-state index in [0.717, 1.165) is 48.2 Å². The molecule has 2 rings (SSSR count). The normalized spacial score (nSPS) is 23.1. The molecule has 0 aliphatic heterocycles. The molecule has 0 radical (unpaired) electrons. The lowest BCUT2D eigenvalue weighted by molar-refractivity contribution is -0.148. The van der Waals surface area contributed by atoms with E-state index in [1.807, 2.05) is 39.8 Å². The van der Waals surface area contributed by atoms with Gasteiger partial charge in [-0.1, -0.05) is 20.3 Å². The molecule has 1 fully saturated rings. The highest BCUT2D eigenvalue weighted by Crippen LogP contribution is 2.37. The van der Waals surface area contributed by atoms with Crippen LogP contribution in [0.2, 0.25) is 0 Å². The number of hydrogen-bond donors (Lipinski definition) is 1. The maximum absolute atomic E-state index is 13.2. The predicted molar refractivity (Wildman–Crippen MR) is 107 cm³/mol.